The summed E-state index contributed by atoms with van der Waals surface area (Å²) in [5, 5.41) is 0. The summed E-state index contributed by atoms with van der Waals surface area (Å²) in [6.45, 7) is 2.54. The molecule has 6 nitrogen and oxygen atoms in total. The third-order valence-electron chi connectivity index (χ3n) is 4.79. The van der Waals surface area contributed by atoms with E-state index < -0.39 is 10.0 Å². The maximum absolute atomic E-state index is 12.8. The van der Waals surface area contributed by atoms with Crippen molar-refractivity contribution in [2.45, 2.75) is 30.4 Å². The monoisotopic (exact) mass is 405 g/mol. The lowest BCUT2D eigenvalue weighted by molar-refractivity contribution is -0.0175. The smallest absolute Gasteiger partial charge is 0.243 e. The lowest BCUT2D eigenvalue weighted by Gasteiger charge is -2.31. The van der Waals surface area contributed by atoms with E-state index in [0.29, 0.717) is 56.4 Å². The topological polar surface area (TPSA) is 65.1 Å². The van der Waals surface area contributed by atoms with Gasteiger partial charge in [-0.25, -0.2) is 8.42 Å². The van der Waals surface area contributed by atoms with Gasteiger partial charge in [-0.3, -0.25) is 0 Å². The van der Waals surface area contributed by atoms with Crippen LogP contribution in [-0.4, -0.2) is 52.2 Å². The fourth-order valence-electron chi connectivity index (χ4n) is 3.17. The van der Waals surface area contributed by atoms with Gasteiger partial charge in [0.15, 0.2) is 0 Å². The summed E-state index contributed by atoms with van der Waals surface area (Å²) < 4.78 is 43.6. The molecule has 0 atom stereocenters. The molecule has 1 heterocycles. The number of hydrogen-bond donors (Lipinski definition) is 0. The van der Waals surface area contributed by atoms with E-state index in [1.807, 2.05) is 30.3 Å². The predicted octanol–water partition coefficient (Wildman–Crippen LogP) is 3.08. The number of rotatable bonds is 9. The van der Waals surface area contributed by atoms with Crippen LogP contribution >= 0.6 is 0 Å². The van der Waals surface area contributed by atoms with Gasteiger partial charge in [0.25, 0.3) is 0 Å². The van der Waals surface area contributed by atoms with E-state index in [2.05, 4.69) is 0 Å². The molecular formula is C21H27NO5S. The van der Waals surface area contributed by atoms with Gasteiger partial charge in [-0.05, 0) is 42.7 Å². The zero-order valence-electron chi connectivity index (χ0n) is 16.1. The molecule has 0 saturated carbocycles. The Morgan fingerprint density at radius 3 is 2.29 bits per heavy atom. The fraction of sp³-hybridized carbons (Fsp3) is 0.429. The molecule has 2 aromatic carbocycles. The molecule has 0 amide bonds. The molecule has 28 heavy (non-hydrogen) atoms. The highest BCUT2D eigenvalue weighted by Gasteiger charge is 2.29. The summed E-state index contributed by atoms with van der Waals surface area (Å²) in [7, 11) is -1.92. The Balaban J connectivity index is 1.39. The van der Waals surface area contributed by atoms with Crippen LogP contribution in [0.2, 0.25) is 0 Å². The minimum absolute atomic E-state index is 0.0719. The third-order valence-corrected chi connectivity index (χ3v) is 6.70. The first kappa shape index (κ1) is 20.8. The lowest BCUT2D eigenvalue weighted by atomic mass is 10.1. The quantitative estimate of drug-likeness (QED) is 0.600. The van der Waals surface area contributed by atoms with Crippen LogP contribution in [0.4, 0.5) is 0 Å². The summed E-state index contributed by atoms with van der Waals surface area (Å²) in [5.41, 5.74) is 1.14. The van der Waals surface area contributed by atoms with Crippen molar-refractivity contribution in [3.63, 3.8) is 0 Å². The zero-order chi connectivity index (χ0) is 19.8. The summed E-state index contributed by atoms with van der Waals surface area (Å²) in [4.78, 5) is 0.294. The van der Waals surface area contributed by atoms with Gasteiger partial charge in [0.1, 0.15) is 5.75 Å². The average molecular weight is 406 g/mol. The Morgan fingerprint density at radius 1 is 0.964 bits per heavy atom. The van der Waals surface area contributed by atoms with Crippen LogP contribution in [0.5, 0.6) is 5.75 Å². The van der Waals surface area contributed by atoms with E-state index >= 15 is 0 Å². The maximum atomic E-state index is 12.8. The van der Waals surface area contributed by atoms with Gasteiger partial charge in [0.2, 0.25) is 10.0 Å². The lowest BCUT2D eigenvalue weighted by Crippen LogP contribution is -2.41. The van der Waals surface area contributed by atoms with Crippen molar-refractivity contribution in [2.24, 2.45) is 0 Å². The second-order valence-electron chi connectivity index (χ2n) is 6.69. The molecule has 0 unspecified atom stereocenters. The van der Waals surface area contributed by atoms with E-state index in [1.165, 1.54) is 4.31 Å². The highest BCUT2D eigenvalue weighted by Crippen LogP contribution is 2.23. The van der Waals surface area contributed by atoms with Crippen LogP contribution in [0.25, 0.3) is 0 Å². The number of ether oxygens (including phenoxy) is 3. The van der Waals surface area contributed by atoms with Crippen LogP contribution in [0.1, 0.15) is 18.4 Å². The van der Waals surface area contributed by atoms with Gasteiger partial charge < -0.3 is 14.2 Å². The minimum Gasteiger partial charge on any atom is -0.497 e. The number of benzene rings is 2. The van der Waals surface area contributed by atoms with Gasteiger partial charge in [-0.1, -0.05) is 30.3 Å². The summed E-state index contributed by atoms with van der Waals surface area (Å²) in [5.74, 6) is 0.639. The van der Waals surface area contributed by atoms with Gasteiger partial charge >= 0.3 is 0 Å². The molecule has 0 radical (unpaired) electrons. The van der Waals surface area contributed by atoms with E-state index in [0.717, 1.165) is 5.56 Å². The van der Waals surface area contributed by atoms with Crippen LogP contribution in [0.3, 0.4) is 0 Å². The number of hydrogen-bond acceptors (Lipinski definition) is 5. The van der Waals surface area contributed by atoms with Crippen molar-refractivity contribution in [3.8, 4) is 5.75 Å². The summed E-state index contributed by atoms with van der Waals surface area (Å²) in [6, 6.07) is 16.5. The normalized spacial score (nSPS) is 16.2. The SMILES string of the molecule is COc1ccc(S(=O)(=O)N2CCC(OCCOCc3ccccc3)CC2)cc1. The number of methoxy groups -OCH3 is 1. The molecule has 0 N–H and O–H groups in total. The molecule has 3 rings (SSSR count). The molecule has 0 aliphatic carbocycles. The van der Waals surface area contributed by atoms with Crippen molar-refractivity contribution in [1.82, 2.24) is 4.31 Å². The largest absolute Gasteiger partial charge is 0.497 e. The molecule has 1 saturated heterocycles. The first-order chi connectivity index (χ1) is 13.6. The van der Waals surface area contributed by atoms with Crippen molar-refractivity contribution >= 4 is 10.0 Å². The van der Waals surface area contributed by atoms with Crippen molar-refractivity contribution in [2.75, 3.05) is 33.4 Å². The van der Waals surface area contributed by atoms with E-state index in [1.54, 1.807) is 31.4 Å². The molecule has 0 aromatic heterocycles. The Hall–Kier alpha value is -1.93. The molecule has 7 heteroatoms. The Labute approximate surface area is 167 Å². The average Bonchev–Trinajstić information content (AvgIpc) is 2.74. The fourth-order valence-corrected chi connectivity index (χ4v) is 4.64. The van der Waals surface area contributed by atoms with Crippen molar-refractivity contribution in [3.05, 3.63) is 60.2 Å². The van der Waals surface area contributed by atoms with E-state index in [9.17, 15) is 8.42 Å². The summed E-state index contributed by atoms with van der Waals surface area (Å²) in [6.07, 6.45) is 1.45. The third kappa shape index (κ3) is 5.54. The highest BCUT2D eigenvalue weighted by atomic mass is 32.2. The van der Waals surface area contributed by atoms with Crippen LogP contribution in [0, 0.1) is 0 Å². The minimum atomic E-state index is -3.47. The zero-order valence-corrected chi connectivity index (χ0v) is 16.9. The van der Waals surface area contributed by atoms with Crippen molar-refractivity contribution in [1.29, 1.82) is 0 Å². The molecule has 1 aliphatic rings. The van der Waals surface area contributed by atoms with Gasteiger partial charge in [-0.2, -0.15) is 4.31 Å². The Morgan fingerprint density at radius 2 is 1.64 bits per heavy atom. The van der Waals surface area contributed by atoms with Crippen LogP contribution in [-0.2, 0) is 26.1 Å². The first-order valence-corrected chi connectivity index (χ1v) is 10.9. The van der Waals surface area contributed by atoms with E-state index in [4.69, 9.17) is 14.2 Å². The second-order valence-corrected chi connectivity index (χ2v) is 8.63. The molecular weight excluding hydrogens is 378 g/mol. The first-order valence-electron chi connectivity index (χ1n) is 9.47. The molecule has 1 fully saturated rings. The van der Waals surface area contributed by atoms with Crippen molar-refractivity contribution < 1.29 is 22.6 Å². The Kier molecular flexibility index (Phi) is 7.44. The molecule has 2 aromatic rings. The number of sulfonamides is 1. The van der Waals surface area contributed by atoms with Gasteiger partial charge in [0, 0.05) is 13.1 Å². The summed E-state index contributed by atoms with van der Waals surface area (Å²) >= 11 is 0. The Bertz CT molecular complexity index is 816. The highest BCUT2D eigenvalue weighted by molar-refractivity contribution is 7.89. The molecule has 1 aliphatic heterocycles. The predicted molar refractivity (Wildman–Crippen MR) is 107 cm³/mol. The number of nitrogens with zero attached hydrogens (tertiary/aromatic N) is 1. The molecule has 152 valence electrons. The second kappa shape index (κ2) is 10.0. The maximum Gasteiger partial charge on any atom is 0.243 e. The van der Waals surface area contributed by atoms with Gasteiger partial charge in [-0.15, -0.1) is 0 Å². The number of piperidine rings is 1. The van der Waals surface area contributed by atoms with E-state index in [-0.39, 0.29) is 6.10 Å². The standard InChI is InChI=1S/C21H27NO5S/c1-25-19-7-9-21(10-8-19)28(23,24)22-13-11-20(12-14-22)27-16-15-26-17-18-5-3-2-4-6-18/h2-10,20H,11-17H2,1H3. The molecule has 0 bridgehead atoms. The van der Waals surface area contributed by atoms with Crippen LogP contribution in [0.15, 0.2) is 59.5 Å². The van der Waals surface area contributed by atoms with Gasteiger partial charge in [0.05, 0.1) is 37.9 Å². The van der Waals surface area contributed by atoms with Crippen LogP contribution < -0.4 is 4.74 Å². The molecule has 0 spiro atoms.